The Morgan fingerprint density at radius 3 is 1.38 bits per heavy atom. The van der Waals surface area contributed by atoms with E-state index in [1.54, 1.807) is 7.11 Å². The summed E-state index contributed by atoms with van der Waals surface area (Å²) in [7, 11) is 0.0915. The number of hydrogen-bond donors (Lipinski definition) is 0. The summed E-state index contributed by atoms with van der Waals surface area (Å²) >= 11 is 0. The molecule has 98 valence electrons. The van der Waals surface area contributed by atoms with Crippen LogP contribution in [0, 0.1) is 0 Å². The second-order valence-electron chi connectivity index (χ2n) is 4.74. The topological polar surface area (TPSA) is 18.5 Å². The van der Waals surface area contributed by atoms with E-state index in [4.69, 9.17) is 9.46 Å². The second kappa shape index (κ2) is 10.3. The molecule has 0 aliphatic rings. The Kier molecular flexibility index (Phi) is 10.4. The fraction of sp³-hybridized carbons (Fsp3) is 1.00. The lowest BCUT2D eigenvalue weighted by molar-refractivity contribution is -0.192. The molecule has 0 radical (unpaired) electrons. The molecule has 0 aromatic rings. The maximum absolute atomic E-state index is 5.77. The van der Waals surface area contributed by atoms with Gasteiger partial charge in [0.2, 0.25) is 8.32 Å². The Balaban J connectivity index is 4.32. The Bertz CT molecular complexity index is 129. The Morgan fingerprint density at radius 2 is 1.12 bits per heavy atom. The van der Waals surface area contributed by atoms with Crippen LogP contribution < -0.4 is 0 Å². The zero-order valence-electron chi connectivity index (χ0n) is 11.7. The van der Waals surface area contributed by atoms with Crippen LogP contribution in [0.1, 0.15) is 59.3 Å². The Hall–Kier alpha value is 0.137. The zero-order valence-corrected chi connectivity index (χ0v) is 12.7. The van der Waals surface area contributed by atoms with Crippen molar-refractivity contribution in [3.8, 4) is 0 Å². The summed E-state index contributed by atoms with van der Waals surface area (Å²) in [5.41, 5.74) is 0. The molecule has 0 aliphatic heterocycles. The lowest BCUT2D eigenvalue weighted by Crippen LogP contribution is -2.37. The molecule has 2 nitrogen and oxygen atoms in total. The molecule has 0 saturated heterocycles. The SMILES string of the molecule is CCCC[Si](CCCC)(CCCC)OOC. The zero-order chi connectivity index (χ0) is 12.3. The van der Waals surface area contributed by atoms with Gasteiger partial charge in [-0.15, -0.1) is 0 Å². The van der Waals surface area contributed by atoms with Crippen LogP contribution in [0.3, 0.4) is 0 Å². The molecule has 0 rings (SSSR count). The fourth-order valence-corrected chi connectivity index (χ4v) is 6.52. The maximum Gasteiger partial charge on any atom is 0.239 e. The van der Waals surface area contributed by atoms with Crippen molar-refractivity contribution in [3.05, 3.63) is 0 Å². The highest BCUT2D eigenvalue weighted by Gasteiger charge is 2.34. The number of hydrogen-bond acceptors (Lipinski definition) is 2. The van der Waals surface area contributed by atoms with Crippen molar-refractivity contribution in [1.29, 1.82) is 0 Å². The molecule has 0 N–H and O–H groups in total. The van der Waals surface area contributed by atoms with Crippen LogP contribution in [0.15, 0.2) is 0 Å². The predicted molar refractivity (Wildman–Crippen MR) is 73.0 cm³/mol. The van der Waals surface area contributed by atoms with Gasteiger partial charge in [0.25, 0.3) is 0 Å². The maximum atomic E-state index is 5.77. The summed E-state index contributed by atoms with van der Waals surface area (Å²) in [6, 6.07) is 3.83. The van der Waals surface area contributed by atoms with Crippen molar-refractivity contribution in [2.45, 2.75) is 77.4 Å². The van der Waals surface area contributed by atoms with E-state index >= 15 is 0 Å². The van der Waals surface area contributed by atoms with Gasteiger partial charge < -0.3 is 0 Å². The summed E-state index contributed by atoms with van der Waals surface area (Å²) in [6.07, 6.45) is 7.68. The third-order valence-electron chi connectivity index (χ3n) is 3.22. The lowest BCUT2D eigenvalue weighted by Gasteiger charge is -2.29. The standard InChI is InChI=1S/C13H30O2Si/c1-5-8-11-16(15-14-4,12-9-6-2)13-10-7-3/h5-13H2,1-4H3. The molecule has 0 bridgehead atoms. The minimum Gasteiger partial charge on any atom is -0.287 e. The molecular weight excluding hydrogens is 216 g/mol. The van der Waals surface area contributed by atoms with Crippen LogP contribution in [-0.4, -0.2) is 15.4 Å². The van der Waals surface area contributed by atoms with Crippen LogP contribution in [0.2, 0.25) is 18.1 Å². The highest BCUT2D eigenvalue weighted by atomic mass is 28.4. The summed E-state index contributed by atoms with van der Waals surface area (Å²) in [6.45, 7) is 6.77. The minimum atomic E-state index is -1.58. The van der Waals surface area contributed by atoms with Gasteiger partial charge in [0.15, 0.2) is 0 Å². The van der Waals surface area contributed by atoms with Crippen LogP contribution in [0.4, 0.5) is 0 Å². The van der Waals surface area contributed by atoms with Crippen molar-refractivity contribution < 1.29 is 9.46 Å². The smallest absolute Gasteiger partial charge is 0.239 e. The summed E-state index contributed by atoms with van der Waals surface area (Å²) < 4.78 is 5.77. The van der Waals surface area contributed by atoms with Crippen molar-refractivity contribution in [3.63, 3.8) is 0 Å². The molecule has 0 heterocycles. The van der Waals surface area contributed by atoms with Gasteiger partial charge in [0.05, 0.1) is 7.11 Å². The van der Waals surface area contributed by atoms with E-state index in [2.05, 4.69) is 20.8 Å². The Morgan fingerprint density at radius 1 is 0.750 bits per heavy atom. The van der Waals surface area contributed by atoms with E-state index in [9.17, 15) is 0 Å². The van der Waals surface area contributed by atoms with E-state index in [0.29, 0.717) is 0 Å². The van der Waals surface area contributed by atoms with E-state index in [1.165, 1.54) is 56.7 Å². The minimum absolute atomic E-state index is 1.26. The van der Waals surface area contributed by atoms with Crippen molar-refractivity contribution in [1.82, 2.24) is 0 Å². The number of rotatable bonds is 11. The lowest BCUT2D eigenvalue weighted by atomic mass is 10.4. The molecule has 0 amide bonds. The summed E-state index contributed by atoms with van der Waals surface area (Å²) in [5.74, 6) is 0. The molecule has 0 atom stereocenters. The van der Waals surface area contributed by atoms with Gasteiger partial charge >= 0.3 is 0 Å². The first-order chi connectivity index (χ1) is 7.74. The van der Waals surface area contributed by atoms with Gasteiger partial charge in [-0.2, -0.15) is 0 Å². The highest BCUT2D eigenvalue weighted by molar-refractivity contribution is 6.73. The van der Waals surface area contributed by atoms with Gasteiger partial charge in [0.1, 0.15) is 0 Å². The van der Waals surface area contributed by atoms with Crippen molar-refractivity contribution >= 4 is 8.32 Å². The van der Waals surface area contributed by atoms with Crippen LogP contribution in [-0.2, 0) is 9.46 Å². The quantitative estimate of drug-likeness (QED) is 0.293. The molecule has 0 aromatic heterocycles. The first-order valence-electron chi connectivity index (χ1n) is 6.96. The molecular formula is C13H30O2Si. The molecule has 0 aliphatic carbocycles. The average molecular weight is 246 g/mol. The summed E-state index contributed by atoms with van der Waals surface area (Å²) in [4.78, 5) is 5.06. The molecule has 0 saturated carbocycles. The first kappa shape index (κ1) is 16.1. The van der Waals surface area contributed by atoms with Gasteiger partial charge in [-0.05, 0) is 18.1 Å². The molecule has 3 heteroatoms. The number of unbranched alkanes of at least 4 members (excludes halogenated alkanes) is 3. The van der Waals surface area contributed by atoms with Crippen molar-refractivity contribution in [2.24, 2.45) is 0 Å². The molecule has 0 unspecified atom stereocenters. The van der Waals surface area contributed by atoms with E-state index in [0.717, 1.165) is 0 Å². The predicted octanol–water partition coefficient (Wildman–Crippen LogP) is 4.91. The third kappa shape index (κ3) is 6.66. The van der Waals surface area contributed by atoms with Crippen LogP contribution in [0.5, 0.6) is 0 Å². The fourth-order valence-electron chi connectivity index (χ4n) is 2.17. The molecule has 0 fully saturated rings. The summed E-state index contributed by atoms with van der Waals surface area (Å²) in [5, 5.41) is 0. The van der Waals surface area contributed by atoms with Crippen LogP contribution >= 0.6 is 0 Å². The second-order valence-corrected chi connectivity index (χ2v) is 8.78. The van der Waals surface area contributed by atoms with Crippen LogP contribution in [0.25, 0.3) is 0 Å². The highest BCUT2D eigenvalue weighted by Crippen LogP contribution is 2.29. The molecule has 0 spiro atoms. The normalized spacial score (nSPS) is 12.0. The molecule has 16 heavy (non-hydrogen) atoms. The van der Waals surface area contributed by atoms with Gasteiger partial charge in [0, 0.05) is 0 Å². The molecule has 0 aromatic carbocycles. The van der Waals surface area contributed by atoms with Crippen molar-refractivity contribution in [2.75, 3.05) is 7.11 Å². The first-order valence-corrected chi connectivity index (χ1v) is 9.49. The van der Waals surface area contributed by atoms with Gasteiger partial charge in [-0.1, -0.05) is 59.3 Å². The van der Waals surface area contributed by atoms with E-state index < -0.39 is 8.32 Å². The van der Waals surface area contributed by atoms with E-state index in [1.807, 2.05) is 0 Å². The monoisotopic (exact) mass is 246 g/mol. The Labute approximate surface area is 103 Å². The largest absolute Gasteiger partial charge is 0.287 e. The van der Waals surface area contributed by atoms with Gasteiger partial charge in [-0.25, -0.2) is 0 Å². The van der Waals surface area contributed by atoms with Gasteiger partial charge in [-0.3, -0.25) is 9.46 Å². The third-order valence-corrected chi connectivity index (χ3v) is 7.53. The average Bonchev–Trinajstić information content (AvgIpc) is 2.31. The van der Waals surface area contributed by atoms with E-state index in [-0.39, 0.29) is 0 Å².